The van der Waals surface area contributed by atoms with E-state index < -0.39 is 17.7 Å². The first-order valence-electron chi connectivity index (χ1n) is 5.38. The molecule has 1 fully saturated rings. The molecule has 3 N–H and O–H groups in total. The topological polar surface area (TPSA) is 53.2 Å². The SMILES string of the molecule is O=C(Nc1ccc(F)cc1F)NC1CCNC1. The second kappa shape index (κ2) is 5.09. The lowest BCUT2D eigenvalue weighted by Gasteiger charge is -2.12. The number of halogens is 2. The van der Waals surface area contributed by atoms with Crippen LogP contribution in [0.3, 0.4) is 0 Å². The van der Waals surface area contributed by atoms with Crippen LogP contribution in [0, 0.1) is 11.6 Å². The number of urea groups is 1. The first kappa shape index (κ1) is 11.8. The summed E-state index contributed by atoms with van der Waals surface area (Å²) in [5.74, 6) is -1.46. The molecule has 1 heterocycles. The molecule has 0 bridgehead atoms. The summed E-state index contributed by atoms with van der Waals surface area (Å²) in [4.78, 5) is 11.5. The van der Waals surface area contributed by atoms with E-state index in [0.717, 1.165) is 25.1 Å². The van der Waals surface area contributed by atoms with Gasteiger partial charge in [-0.2, -0.15) is 0 Å². The van der Waals surface area contributed by atoms with E-state index >= 15 is 0 Å². The largest absolute Gasteiger partial charge is 0.334 e. The average molecular weight is 241 g/mol. The summed E-state index contributed by atoms with van der Waals surface area (Å²) in [5.41, 5.74) is -0.0325. The molecule has 1 aromatic carbocycles. The maximum Gasteiger partial charge on any atom is 0.319 e. The number of nitrogens with one attached hydrogen (secondary N) is 3. The van der Waals surface area contributed by atoms with Crippen LogP contribution in [0.2, 0.25) is 0 Å². The summed E-state index contributed by atoms with van der Waals surface area (Å²) < 4.78 is 25.9. The van der Waals surface area contributed by atoms with E-state index in [2.05, 4.69) is 16.0 Å². The zero-order valence-electron chi connectivity index (χ0n) is 9.09. The Morgan fingerprint density at radius 3 is 2.88 bits per heavy atom. The normalized spacial score (nSPS) is 19.1. The fraction of sp³-hybridized carbons (Fsp3) is 0.364. The lowest BCUT2D eigenvalue weighted by Crippen LogP contribution is -2.39. The van der Waals surface area contributed by atoms with Crippen LogP contribution >= 0.6 is 0 Å². The van der Waals surface area contributed by atoms with E-state index in [1.165, 1.54) is 6.07 Å². The van der Waals surface area contributed by atoms with Gasteiger partial charge in [0.15, 0.2) is 0 Å². The van der Waals surface area contributed by atoms with Gasteiger partial charge >= 0.3 is 6.03 Å². The van der Waals surface area contributed by atoms with Gasteiger partial charge in [0.2, 0.25) is 0 Å². The van der Waals surface area contributed by atoms with Crippen LogP contribution in [0.1, 0.15) is 6.42 Å². The van der Waals surface area contributed by atoms with E-state index in [1.54, 1.807) is 0 Å². The number of rotatable bonds is 2. The van der Waals surface area contributed by atoms with Gasteiger partial charge in [0.05, 0.1) is 5.69 Å². The van der Waals surface area contributed by atoms with Crippen LogP contribution in [0.4, 0.5) is 19.3 Å². The Morgan fingerprint density at radius 2 is 2.24 bits per heavy atom. The molecule has 1 saturated heterocycles. The fourth-order valence-corrected chi connectivity index (χ4v) is 1.71. The van der Waals surface area contributed by atoms with Gasteiger partial charge in [-0.15, -0.1) is 0 Å². The van der Waals surface area contributed by atoms with E-state index in [4.69, 9.17) is 0 Å². The van der Waals surface area contributed by atoms with Crippen LogP contribution in [0.15, 0.2) is 18.2 Å². The van der Waals surface area contributed by atoms with Gasteiger partial charge in [0, 0.05) is 18.7 Å². The van der Waals surface area contributed by atoms with Crippen molar-refractivity contribution >= 4 is 11.7 Å². The first-order valence-corrected chi connectivity index (χ1v) is 5.38. The van der Waals surface area contributed by atoms with Crippen LogP contribution in [-0.4, -0.2) is 25.2 Å². The molecule has 1 atom stereocenters. The highest BCUT2D eigenvalue weighted by Gasteiger charge is 2.17. The quantitative estimate of drug-likeness (QED) is 0.734. The molecule has 92 valence electrons. The molecule has 4 nitrogen and oxygen atoms in total. The lowest BCUT2D eigenvalue weighted by atomic mass is 10.2. The Kier molecular flexibility index (Phi) is 3.53. The highest BCUT2D eigenvalue weighted by molar-refractivity contribution is 5.89. The van der Waals surface area contributed by atoms with Crippen LogP contribution in [0.25, 0.3) is 0 Å². The van der Waals surface area contributed by atoms with Crippen molar-refractivity contribution in [2.24, 2.45) is 0 Å². The maximum atomic E-state index is 13.2. The van der Waals surface area contributed by atoms with Crippen molar-refractivity contribution in [3.05, 3.63) is 29.8 Å². The fourth-order valence-electron chi connectivity index (χ4n) is 1.71. The van der Waals surface area contributed by atoms with Gasteiger partial charge in [0.25, 0.3) is 0 Å². The molecule has 1 aliphatic heterocycles. The molecule has 2 amide bonds. The summed E-state index contributed by atoms with van der Waals surface area (Å²) in [6.07, 6.45) is 0.847. The van der Waals surface area contributed by atoms with Gasteiger partial charge in [-0.3, -0.25) is 0 Å². The standard InChI is InChI=1S/C11H13F2N3O/c12-7-1-2-10(9(13)5-7)16-11(17)15-8-3-4-14-6-8/h1-2,5,8,14H,3-4,6H2,(H2,15,16,17). The Balaban J connectivity index is 1.93. The summed E-state index contributed by atoms with van der Waals surface area (Å²) in [6, 6.07) is 2.59. The van der Waals surface area contributed by atoms with Gasteiger partial charge < -0.3 is 16.0 Å². The van der Waals surface area contributed by atoms with Crippen molar-refractivity contribution in [1.29, 1.82) is 0 Å². The van der Waals surface area contributed by atoms with Crippen molar-refractivity contribution in [3.8, 4) is 0 Å². The minimum absolute atomic E-state index is 0.0325. The lowest BCUT2D eigenvalue weighted by molar-refractivity contribution is 0.249. The predicted molar refractivity (Wildman–Crippen MR) is 59.8 cm³/mol. The van der Waals surface area contributed by atoms with Crippen LogP contribution in [0.5, 0.6) is 0 Å². The van der Waals surface area contributed by atoms with E-state index in [-0.39, 0.29) is 11.7 Å². The molecule has 0 saturated carbocycles. The molecule has 0 aliphatic carbocycles. The summed E-state index contributed by atoms with van der Waals surface area (Å²) >= 11 is 0. The molecule has 1 aliphatic rings. The Hall–Kier alpha value is -1.69. The molecule has 1 aromatic rings. The van der Waals surface area contributed by atoms with Crippen LogP contribution in [-0.2, 0) is 0 Å². The third-order valence-electron chi connectivity index (χ3n) is 2.57. The summed E-state index contributed by atoms with van der Waals surface area (Å²) in [7, 11) is 0. The summed E-state index contributed by atoms with van der Waals surface area (Å²) in [6.45, 7) is 1.56. The van der Waals surface area contributed by atoms with Crippen molar-refractivity contribution < 1.29 is 13.6 Å². The van der Waals surface area contributed by atoms with Gasteiger partial charge in [-0.05, 0) is 25.1 Å². The molecule has 1 unspecified atom stereocenters. The number of carbonyl (C=O) groups is 1. The predicted octanol–water partition coefficient (Wildman–Crippen LogP) is 1.45. The van der Waals surface area contributed by atoms with Gasteiger partial charge in [-0.25, -0.2) is 13.6 Å². The Bertz CT molecular complexity index is 419. The number of benzene rings is 1. The van der Waals surface area contributed by atoms with Crippen molar-refractivity contribution in [2.45, 2.75) is 12.5 Å². The Morgan fingerprint density at radius 1 is 1.41 bits per heavy atom. The average Bonchev–Trinajstić information content (AvgIpc) is 2.75. The van der Waals surface area contributed by atoms with Crippen molar-refractivity contribution in [1.82, 2.24) is 10.6 Å². The maximum absolute atomic E-state index is 13.2. The highest BCUT2D eigenvalue weighted by atomic mass is 19.1. The molecule has 17 heavy (non-hydrogen) atoms. The number of amides is 2. The van der Waals surface area contributed by atoms with Crippen molar-refractivity contribution in [2.75, 3.05) is 18.4 Å². The molecule has 6 heteroatoms. The molecular formula is C11H13F2N3O. The molecule has 0 aromatic heterocycles. The highest BCUT2D eigenvalue weighted by Crippen LogP contribution is 2.14. The summed E-state index contributed by atoms with van der Waals surface area (Å²) in [5, 5.41) is 8.14. The molecular weight excluding hydrogens is 228 g/mol. The minimum Gasteiger partial charge on any atom is -0.334 e. The number of hydrogen-bond donors (Lipinski definition) is 3. The smallest absolute Gasteiger partial charge is 0.319 e. The second-order valence-corrected chi connectivity index (χ2v) is 3.91. The molecule has 0 radical (unpaired) electrons. The number of hydrogen-bond acceptors (Lipinski definition) is 2. The minimum atomic E-state index is -0.787. The van der Waals surface area contributed by atoms with Crippen LogP contribution < -0.4 is 16.0 Å². The first-order chi connectivity index (χ1) is 8.15. The monoisotopic (exact) mass is 241 g/mol. The molecule has 2 rings (SSSR count). The third kappa shape index (κ3) is 3.13. The van der Waals surface area contributed by atoms with E-state index in [0.29, 0.717) is 6.54 Å². The van der Waals surface area contributed by atoms with E-state index in [1.807, 2.05) is 0 Å². The van der Waals surface area contributed by atoms with Gasteiger partial charge in [0.1, 0.15) is 11.6 Å². The van der Waals surface area contributed by atoms with E-state index in [9.17, 15) is 13.6 Å². The zero-order valence-corrected chi connectivity index (χ0v) is 9.09. The van der Waals surface area contributed by atoms with Crippen molar-refractivity contribution in [3.63, 3.8) is 0 Å². The molecule has 0 spiro atoms. The zero-order chi connectivity index (χ0) is 12.3. The third-order valence-corrected chi connectivity index (χ3v) is 2.57. The second-order valence-electron chi connectivity index (χ2n) is 3.91. The van der Waals surface area contributed by atoms with Gasteiger partial charge in [-0.1, -0.05) is 0 Å². The Labute approximate surface area is 97.4 Å². The number of anilines is 1. The number of carbonyl (C=O) groups excluding carboxylic acids is 1.